The molecule has 0 aliphatic carbocycles. The van der Waals surface area contributed by atoms with E-state index in [0.717, 1.165) is 28.4 Å². The van der Waals surface area contributed by atoms with Gasteiger partial charge in [0.15, 0.2) is 0 Å². The highest BCUT2D eigenvalue weighted by atomic mass is 15.2. The number of nitrogens with zero attached hydrogens (tertiary/aromatic N) is 1. The zero-order valence-electron chi connectivity index (χ0n) is 14.3. The van der Waals surface area contributed by atoms with E-state index in [2.05, 4.69) is 113 Å². The van der Waals surface area contributed by atoms with Crippen LogP contribution >= 0.6 is 0 Å². The second kappa shape index (κ2) is 6.08. The smallest absolute Gasteiger partial charge is 0.0703 e. The molecule has 1 aliphatic heterocycles. The predicted molar refractivity (Wildman–Crippen MR) is 110 cm³/mol. The Balaban J connectivity index is 1.72. The van der Waals surface area contributed by atoms with Gasteiger partial charge < -0.3 is 10.2 Å². The second-order valence-corrected chi connectivity index (χ2v) is 6.41. The first-order chi connectivity index (χ1) is 12.9. The fourth-order valence-electron chi connectivity index (χ4n) is 3.54. The van der Waals surface area contributed by atoms with Crippen LogP contribution in [0.25, 0.3) is 11.1 Å². The first-order valence-electron chi connectivity index (χ1n) is 8.81. The first-order valence-corrected chi connectivity index (χ1v) is 8.81. The van der Waals surface area contributed by atoms with Crippen LogP contribution in [0, 0.1) is 0 Å². The lowest BCUT2D eigenvalue weighted by atomic mass is 10.0. The Kier molecular flexibility index (Phi) is 3.46. The Morgan fingerprint density at radius 1 is 0.500 bits per heavy atom. The zero-order chi connectivity index (χ0) is 17.3. The molecular weight excluding hydrogens is 316 g/mol. The standard InChI is InChI=1S/C24H18N2/c1-3-9-18(10-4-1)19-15-16-22-24(17-19)26(20-11-5-2-6-12-20)23-14-8-7-13-21(23)25-22/h1-17,25H. The van der Waals surface area contributed by atoms with Crippen molar-refractivity contribution in [1.29, 1.82) is 0 Å². The van der Waals surface area contributed by atoms with Gasteiger partial charge in [-0.2, -0.15) is 0 Å². The number of para-hydroxylation sites is 3. The van der Waals surface area contributed by atoms with Crippen molar-refractivity contribution < 1.29 is 0 Å². The van der Waals surface area contributed by atoms with Gasteiger partial charge in [0, 0.05) is 5.69 Å². The molecule has 0 saturated heterocycles. The number of hydrogen-bond acceptors (Lipinski definition) is 2. The molecule has 26 heavy (non-hydrogen) atoms. The quantitative estimate of drug-likeness (QED) is 0.378. The lowest BCUT2D eigenvalue weighted by Gasteiger charge is -2.34. The molecule has 2 nitrogen and oxygen atoms in total. The van der Waals surface area contributed by atoms with E-state index in [0.29, 0.717) is 0 Å². The van der Waals surface area contributed by atoms with Gasteiger partial charge in [-0.3, -0.25) is 0 Å². The van der Waals surface area contributed by atoms with E-state index in [9.17, 15) is 0 Å². The summed E-state index contributed by atoms with van der Waals surface area (Å²) in [7, 11) is 0. The van der Waals surface area contributed by atoms with E-state index < -0.39 is 0 Å². The number of benzene rings is 4. The van der Waals surface area contributed by atoms with E-state index in [1.807, 2.05) is 0 Å². The van der Waals surface area contributed by atoms with Crippen LogP contribution in [0.15, 0.2) is 103 Å². The normalized spacial score (nSPS) is 12.1. The van der Waals surface area contributed by atoms with Crippen molar-refractivity contribution in [3.63, 3.8) is 0 Å². The Morgan fingerprint density at radius 2 is 1.15 bits per heavy atom. The largest absolute Gasteiger partial charge is 0.352 e. The Bertz CT molecular complexity index is 1060. The van der Waals surface area contributed by atoms with E-state index in [1.165, 1.54) is 11.1 Å². The maximum absolute atomic E-state index is 3.58. The van der Waals surface area contributed by atoms with Gasteiger partial charge in [-0.05, 0) is 47.5 Å². The average molecular weight is 334 g/mol. The van der Waals surface area contributed by atoms with Crippen LogP contribution in [0.5, 0.6) is 0 Å². The third-order valence-electron chi connectivity index (χ3n) is 4.77. The lowest BCUT2D eigenvalue weighted by molar-refractivity contribution is 1.25. The molecule has 0 atom stereocenters. The minimum absolute atomic E-state index is 1.12. The molecule has 124 valence electrons. The van der Waals surface area contributed by atoms with Crippen molar-refractivity contribution in [2.24, 2.45) is 0 Å². The monoisotopic (exact) mass is 334 g/mol. The van der Waals surface area contributed by atoms with Crippen LogP contribution < -0.4 is 10.2 Å². The molecule has 0 unspecified atom stereocenters. The van der Waals surface area contributed by atoms with E-state index in [4.69, 9.17) is 0 Å². The van der Waals surface area contributed by atoms with Gasteiger partial charge in [0.1, 0.15) is 0 Å². The molecule has 0 fully saturated rings. The molecule has 1 heterocycles. The van der Waals surface area contributed by atoms with Crippen molar-refractivity contribution >= 4 is 28.4 Å². The summed E-state index contributed by atoms with van der Waals surface area (Å²) in [6.07, 6.45) is 0. The highest BCUT2D eigenvalue weighted by Crippen LogP contribution is 2.48. The predicted octanol–water partition coefficient (Wildman–Crippen LogP) is 6.88. The van der Waals surface area contributed by atoms with Gasteiger partial charge in [0.05, 0.1) is 22.7 Å². The molecule has 0 aromatic heterocycles. The van der Waals surface area contributed by atoms with Crippen molar-refractivity contribution in [2.75, 3.05) is 10.2 Å². The van der Waals surface area contributed by atoms with Gasteiger partial charge in [0.25, 0.3) is 0 Å². The minimum atomic E-state index is 1.12. The summed E-state index contributed by atoms with van der Waals surface area (Å²) < 4.78 is 0. The second-order valence-electron chi connectivity index (χ2n) is 6.41. The summed E-state index contributed by atoms with van der Waals surface area (Å²) in [5, 5.41) is 3.58. The summed E-state index contributed by atoms with van der Waals surface area (Å²) in [5.41, 5.74) is 8.16. The maximum atomic E-state index is 3.58. The minimum Gasteiger partial charge on any atom is -0.352 e. The molecule has 5 rings (SSSR count). The van der Waals surface area contributed by atoms with Gasteiger partial charge >= 0.3 is 0 Å². The number of anilines is 5. The van der Waals surface area contributed by atoms with Gasteiger partial charge in [-0.15, -0.1) is 0 Å². The van der Waals surface area contributed by atoms with Gasteiger partial charge in [0.2, 0.25) is 0 Å². The molecule has 0 saturated carbocycles. The number of fused-ring (bicyclic) bond motifs is 2. The number of nitrogens with one attached hydrogen (secondary N) is 1. The molecule has 0 bridgehead atoms. The van der Waals surface area contributed by atoms with Crippen LogP contribution in [-0.2, 0) is 0 Å². The fraction of sp³-hybridized carbons (Fsp3) is 0. The molecule has 1 N–H and O–H groups in total. The molecule has 2 heteroatoms. The Morgan fingerprint density at radius 3 is 1.96 bits per heavy atom. The molecule has 1 aliphatic rings. The molecule has 4 aromatic rings. The summed E-state index contributed by atoms with van der Waals surface area (Å²) >= 11 is 0. The van der Waals surface area contributed by atoms with E-state index in [1.54, 1.807) is 0 Å². The number of rotatable bonds is 2. The Labute approximate surface area is 153 Å². The molecular formula is C24H18N2. The molecule has 0 spiro atoms. The highest BCUT2D eigenvalue weighted by Gasteiger charge is 2.23. The number of hydrogen-bond donors (Lipinski definition) is 1. The van der Waals surface area contributed by atoms with E-state index in [-0.39, 0.29) is 0 Å². The van der Waals surface area contributed by atoms with Crippen LogP contribution in [0.3, 0.4) is 0 Å². The average Bonchev–Trinajstić information content (AvgIpc) is 2.73. The van der Waals surface area contributed by atoms with Crippen molar-refractivity contribution in [1.82, 2.24) is 0 Å². The maximum Gasteiger partial charge on any atom is 0.0703 e. The van der Waals surface area contributed by atoms with Crippen molar-refractivity contribution in [3.8, 4) is 11.1 Å². The van der Waals surface area contributed by atoms with E-state index >= 15 is 0 Å². The topological polar surface area (TPSA) is 15.3 Å². The van der Waals surface area contributed by atoms with Crippen LogP contribution in [0.4, 0.5) is 28.4 Å². The first kappa shape index (κ1) is 14.8. The summed E-state index contributed by atoms with van der Waals surface area (Å²) in [4.78, 5) is 2.33. The summed E-state index contributed by atoms with van der Waals surface area (Å²) in [6.45, 7) is 0. The van der Waals surface area contributed by atoms with Crippen LogP contribution in [-0.4, -0.2) is 0 Å². The SMILES string of the molecule is c1ccc(-c2ccc3c(c2)N(c2ccccc2)c2ccccc2N3)cc1. The third-order valence-corrected chi connectivity index (χ3v) is 4.77. The zero-order valence-corrected chi connectivity index (χ0v) is 14.3. The fourth-order valence-corrected chi connectivity index (χ4v) is 3.54. The molecule has 4 aromatic carbocycles. The van der Waals surface area contributed by atoms with Crippen molar-refractivity contribution in [3.05, 3.63) is 103 Å². The van der Waals surface area contributed by atoms with Crippen molar-refractivity contribution in [2.45, 2.75) is 0 Å². The Hall–Kier alpha value is -3.52. The van der Waals surface area contributed by atoms with Gasteiger partial charge in [-0.1, -0.05) is 66.7 Å². The lowest BCUT2D eigenvalue weighted by Crippen LogP contribution is -2.17. The summed E-state index contributed by atoms with van der Waals surface area (Å²) in [6, 6.07) is 36.1. The van der Waals surface area contributed by atoms with Gasteiger partial charge in [-0.25, -0.2) is 0 Å². The molecule has 0 amide bonds. The van der Waals surface area contributed by atoms with Crippen LogP contribution in [0.1, 0.15) is 0 Å². The highest BCUT2D eigenvalue weighted by molar-refractivity contribution is 5.98. The summed E-state index contributed by atoms with van der Waals surface area (Å²) in [5.74, 6) is 0. The molecule has 0 radical (unpaired) electrons. The van der Waals surface area contributed by atoms with Crippen LogP contribution in [0.2, 0.25) is 0 Å². The third kappa shape index (κ3) is 2.44.